The quantitative estimate of drug-likeness (QED) is 0.804. The Morgan fingerprint density at radius 2 is 2.08 bits per heavy atom. The molecule has 0 bridgehead atoms. The Bertz CT molecular complexity index is 798. The van der Waals surface area contributed by atoms with Crippen LogP contribution in [0, 0.1) is 5.82 Å². The highest BCUT2D eigenvalue weighted by molar-refractivity contribution is 5.94. The molecule has 0 N–H and O–H groups in total. The van der Waals surface area contributed by atoms with E-state index in [2.05, 4.69) is 0 Å². The summed E-state index contributed by atoms with van der Waals surface area (Å²) in [7, 11) is 0. The lowest BCUT2D eigenvalue weighted by atomic mass is 10.0. The van der Waals surface area contributed by atoms with Crippen molar-refractivity contribution in [3.05, 3.63) is 77.6 Å². The number of carbonyl (C=O) groups excluding carboxylic acids is 1. The van der Waals surface area contributed by atoms with Crippen molar-refractivity contribution in [2.45, 2.75) is 13.0 Å². The van der Waals surface area contributed by atoms with Crippen molar-refractivity contribution in [3.8, 4) is 0 Å². The number of amides is 1. The van der Waals surface area contributed by atoms with Crippen molar-refractivity contribution in [2.24, 2.45) is 0 Å². The van der Waals surface area contributed by atoms with E-state index >= 15 is 0 Å². The van der Waals surface area contributed by atoms with Crippen molar-refractivity contribution in [3.63, 3.8) is 0 Å². The minimum Gasteiger partial charge on any atom is -0.449 e. The molecule has 24 heavy (non-hydrogen) atoms. The van der Waals surface area contributed by atoms with E-state index in [1.807, 2.05) is 48.6 Å². The van der Waals surface area contributed by atoms with Gasteiger partial charge < -0.3 is 4.74 Å². The molecule has 2 aromatic carbocycles. The number of anilines is 1. The van der Waals surface area contributed by atoms with Crippen LogP contribution in [0.15, 0.2) is 60.7 Å². The summed E-state index contributed by atoms with van der Waals surface area (Å²) >= 11 is 0. The predicted molar refractivity (Wildman–Crippen MR) is 94.2 cm³/mol. The van der Waals surface area contributed by atoms with Crippen LogP contribution in [0.5, 0.6) is 0 Å². The number of ether oxygens (including phenoxy) is 1. The average Bonchev–Trinajstić information content (AvgIpc) is 2.59. The molecular formula is C20H18FNO2. The molecule has 1 unspecified atom stereocenters. The maximum Gasteiger partial charge on any atom is 0.415 e. The maximum absolute atomic E-state index is 13.3. The fourth-order valence-corrected chi connectivity index (χ4v) is 2.68. The highest BCUT2D eigenvalue weighted by atomic mass is 19.1. The molecule has 1 heterocycles. The van der Waals surface area contributed by atoms with Gasteiger partial charge in [-0.1, -0.05) is 54.6 Å². The van der Waals surface area contributed by atoms with Crippen molar-refractivity contribution in [1.82, 2.24) is 0 Å². The number of fused-ring (bicyclic) bond motifs is 1. The molecular weight excluding hydrogens is 305 g/mol. The number of carbonyl (C=O) groups is 1. The van der Waals surface area contributed by atoms with Gasteiger partial charge in [-0.05, 0) is 36.2 Å². The molecule has 0 aliphatic carbocycles. The van der Waals surface area contributed by atoms with Crippen LogP contribution in [0.3, 0.4) is 0 Å². The van der Waals surface area contributed by atoms with E-state index in [0.717, 1.165) is 16.8 Å². The van der Waals surface area contributed by atoms with Crippen molar-refractivity contribution in [1.29, 1.82) is 0 Å². The third-order valence-corrected chi connectivity index (χ3v) is 3.77. The molecule has 122 valence electrons. The van der Waals surface area contributed by atoms with E-state index in [-0.39, 0.29) is 11.9 Å². The number of para-hydroxylation sites is 1. The van der Waals surface area contributed by atoms with E-state index in [1.165, 1.54) is 12.1 Å². The summed E-state index contributed by atoms with van der Waals surface area (Å²) in [6.07, 6.45) is 7.17. The van der Waals surface area contributed by atoms with Gasteiger partial charge in [-0.3, -0.25) is 4.90 Å². The molecule has 0 saturated carbocycles. The fraction of sp³-hybridized carbons (Fsp3) is 0.150. The Balaban J connectivity index is 1.92. The number of nitrogens with zero attached hydrogens (tertiary/aromatic N) is 1. The van der Waals surface area contributed by atoms with Crippen LogP contribution in [0.25, 0.3) is 12.2 Å². The van der Waals surface area contributed by atoms with Gasteiger partial charge in [0.25, 0.3) is 0 Å². The third kappa shape index (κ3) is 3.38. The monoisotopic (exact) mass is 323 g/mol. The first-order valence-corrected chi connectivity index (χ1v) is 7.86. The normalized spacial score (nSPS) is 16.2. The van der Waals surface area contributed by atoms with Gasteiger partial charge in [0.1, 0.15) is 5.82 Å². The smallest absolute Gasteiger partial charge is 0.415 e. The Labute approximate surface area is 140 Å². The molecule has 1 aliphatic heterocycles. The molecule has 1 atom stereocenters. The second kappa shape index (κ2) is 7.13. The highest BCUT2D eigenvalue weighted by Crippen LogP contribution is 2.30. The minimum absolute atomic E-state index is 0.288. The molecule has 3 rings (SSSR count). The van der Waals surface area contributed by atoms with E-state index in [0.29, 0.717) is 6.61 Å². The van der Waals surface area contributed by atoms with Gasteiger partial charge in [-0.25, -0.2) is 9.18 Å². The van der Waals surface area contributed by atoms with Crippen LogP contribution >= 0.6 is 0 Å². The lowest BCUT2D eigenvalue weighted by molar-refractivity contribution is 0.159. The second-order valence-electron chi connectivity index (χ2n) is 5.39. The first-order chi connectivity index (χ1) is 11.7. The van der Waals surface area contributed by atoms with Gasteiger partial charge in [0, 0.05) is 0 Å². The average molecular weight is 323 g/mol. The van der Waals surface area contributed by atoms with E-state index < -0.39 is 6.09 Å². The van der Waals surface area contributed by atoms with Gasteiger partial charge in [0.05, 0.1) is 18.3 Å². The van der Waals surface area contributed by atoms with Crippen LogP contribution in [0.2, 0.25) is 0 Å². The van der Waals surface area contributed by atoms with Gasteiger partial charge in [0.2, 0.25) is 0 Å². The third-order valence-electron chi connectivity index (χ3n) is 3.77. The molecule has 1 amide bonds. The van der Waals surface area contributed by atoms with E-state index in [4.69, 9.17) is 4.74 Å². The predicted octanol–water partition coefficient (Wildman–Crippen LogP) is 4.90. The Kier molecular flexibility index (Phi) is 4.75. The summed E-state index contributed by atoms with van der Waals surface area (Å²) in [5.41, 5.74) is 2.50. The zero-order valence-corrected chi connectivity index (χ0v) is 13.4. The Morgan fingerprint density at radius 1 is 1.25 bits per heavy atom. The van der Waals surface area contributed by atoms with Crippen LogP contribution < -0.4 is 4.90 Å². The molecule has 0 spiro atoms. The molecule has 2 aromatic rings. The van der Waals surface area contributed by atoms with Gasteiger partial charge in [-0.2, -0.15) is 0 Å². The fourth-order valence-electron chi connectivity index (χ4n) is 2.68. The van der Waals surface area contributed by atoms with Crippen LogP contribution in [0.4, 0.5) is 14.9 Å². The van der Waals surface area contributed by atoms with Gasteiger partial charge in [-0.15, -0.1) is 0 Å². The molecule has 3 nitrogen and oxygen atoms in total. The summed E-state index contributed by atoms with van der Waals surface area (Å²) in [6, 6.07) is 13.7. The lowest BCUT2D eigenvalue weighted by Gasteiger charge is -2.31. The van der Waals surface area contributed by atoms with E-state index in [9.17, 15) is 9.18 Å². The summed E-state index contributed by atoms with van der Waals surface area (Å²) in [6.45, 7) is 2.09. The molecule has 0 radical (unpaired) electrons. The topological polar surface area (TPSA) is 29.5 Å². The lowest BCUT2D eigenvalue weighted by Crippen LogP contribution is -2.40. The summed E-state index contributed by atoms with van der Waals surface area (Å²) in [5.74, 6) is -0.288. The molecule has 0 aromatic heterocycles. The van der Waals surface area contributed by atoms with Crippen LogP contribution in [-0.2, 0) is 4.74 Å². The molecule has 4 heteroatoms. The summed E-state index contributed by atoms with van der Waals surface area (Å²) < 4.78 is 18.5. The molecule has 0 fully saturated rings. The Morgan fingerprint density at radius 3 is 2.88 bits per heavy atom. The first kappa shape index (κ1) is 16.0. The standard InChI is InChI=1S/C20H18FNO2/c1-2-24-20(23)22-18(12-10-15-6-5-8-17(21)14-15)13-11-16-7-3-4-9-19(16)22/h3-14,18H,2H2,1H3/b12-10+. The zero-order chi connectivity index (χ0) is 16.9. The first-order valence-electron chi connectivity index (χ1n) is 7.86. The van der Waals surface area contributed by atoms with Crippen molar-refractivity contribution in [2.75, 3.05) is 11.5 Å². The summed E-state index contributed by atoms with van der Waals surface area (Å²) in [4.78, 5) is 14.0. The number of rotatable bonds is 3. The molecule has 0 saturated heterocycles. The minimum atomic E-state index is -0.400. The molecule has 1 aliphatic rings. The Hall–Kier alpha value is -2.88. The number of hydrogen-bond acceptors (Lipinski definition) is 2. The number of benzene rings is 2. The zero-order valence-electron chi connectivity index (χ0n) is 13.4. The van der Waals surface area contributed by atoms with Crippen molar-refractivity contribution >= 4 is 23.9 Å². The number of halogens is 1. The van der Waals surface area contributed by atoms with Crippen LogP contribution in [-0.4, -0.2) is 18.7 Å². The van der Waals surface area contributed by atoms with Crippen molar-refractivity contribution < 1.29 is 13.9 Å². The largest absolute Gasteiger partial charge is 0.449 e. The number of hydrogen-bond donors (Lipinski definition) is 0. The highest BCUT2D eigenvalue weighted by Gasteiger charge is 2.27. The SMILES string of the molecule is CCOC(=O)N1c2ccccc2C=CC1/C=C/c1cccc(F)c1. The second-order valence-corrected chi connectivity index (χ2v) is 5.39. The van der Waals surface area contributed by atoms with E-state index in [1.54, 1.807) is 24.0 Å². The van der Waals surface area contributed by atoms with Gasteiger partial charge >= 0.3 is 6.09 Å². The maximum atomic E-state index is 13.3. The summed E-state index contributed by atoms with van der Waals surface area (Å²) in [5, 5.41) is 0. The van der Waals surface area contributed by atoms with Gasteiger partial charge in [0.15, 0.2) is 0 Å². The van der Waals surface area contributed by atoms with Crippen LogP contribution in [0.1, 0.15) is 18.1 Å².